The topological polar surface area (TPSA) is 30.0 Å². The summed E-state index contributed by atoms with van der Waals surface area (Å²) in [5, 5.41) is 0. The average Bonchev–Trinajstić information content (AvgIpc) is 2.01. The van der Waals surface area contributed by atoms with Crippen LogP contribution in [-0.4, -0.2) is 11.3 Å². The molecule has 0 spiro atoms. The maximum atomic E-state index is 12.3. The Morgan fingerprint density at radius 2 is 2.08 bits per heavy atom. The maximum absolute atomic E-state index is 12.3. The Kier molecular flexibility index (Phi) is 2.89. The molecule has 13 heavy (non-hydrogen) atoms. The number of rotatable bonds is 1. The van der Waals surface area contributed by atoms with Gasteiger partial charge in [0.2, 0.25) is 0 Å². The molecule has 0 bridgehead atoms. The van der Waals surface area contributed by atoms with Gasteiger partial charge in [0, 0.05) is 9.77 Å². The van der Waals surface area contributed by atoms with Gasteiger partial charge in [0.05, 0.1) is 5.56 Å². The van der Waals surface area contributed by atoms with E-state index in [1.807, 2.05) is 0 Å². The largest absolute Gasteiger partial charge is 0.419 e. The molecule has 0 saturated carbocycles. The second-order valence-electron chi connectivity index (χ2n) is 2.17. The third kappa shape index (κ3) is 2.17. The first kappa shape index (κ1) is 10.4. The van der Waals surface area contributed by atoms with Crippen molar-refractivity contribution in [3.05, 3.63) is 27.1 Å². The van der Waals surface area contributed by atoms with E-state index < -0.39 is 17.4 Å². The number of halogens is 4. The molecule has 70 valence electrons. The molecule has 0 aliphatic carbocycles. The monoisotopic (exact) mass is 301 g/mol. The second kappa shape index (κ2) is 3.60. The van der Waals surface area contributed by atoms with Gasteiger partial charge in [-0.25, -0.2) is 0 Å². The van der Waals surface area contributed by atoms with Crippen molar-refractivity contribution in [3.63, 3.8) is 0 Å². The summed E-state index contributed by atoms with van der Waals surface area (Å²) in [7, 11) is 0. The third-order valence-electron chi connectivity index (χ3n) is 1.32. The lowest BCUT2D eigenvalue weighted by Crippen LogP contribution is -2.12. The van der Waals surface area contributed by atoms with Gasteiger partial charge >= 0.3 is 6.18 Å². The van der Waals surface area contributed by atoms with Crippen LogP contribution in [0.15, 0.2) is 12.3 Å². The van der Waals surface area contributed by atoms with Crippen molar-refractivity contribution >= 4 is 28.9 Å². The fourth-order valence-corrected chi connectivity index (χ4v) is 1.57. The van der Waals surface area contributed by atoms with E-state index in [4.69, 9.17) is 0 Å². The van der Waals surface area contributed by atoms with Crippen LogP contribution in [0.25, 0.3) is 0 Å². The van der Waals surface area contributed by atoms with Gasteiger partial charge in [-0.3, -0.25) is 9.78 Å². The Morgan fingerprint density at radius 3 is 2.46 bits per heavy atom. The summed E-state index contributed by atoms with van der Waals surface area (Å²) >= 11 is 1.52. The Hall–Kier alpha value is -0.660. The Bertz CT molecular complexity index is 337. The molecule has 0 N–H and O–H groups in total. The van der Waals surface area contributed by atoms with Crippen LogP contribution in [0.4, 0.5) is 13.2 Å². The molecule has 1 heterocycles. The molecule has 0 unspecified atom stereocenters. The molecule has 0 fully saturated rings. The molecule has 1 aromatic heterocycles. The predicted octanol–water partition coefficient (Wildman–Crippen LogP) is 2.52. The molecule has 0 saturated heterocycles. The van der Waals surface area contributed by atoms with E-state index >= 15 is 0 Å². The summed E-state index contributed by atoms with van der Waals surface area (Å²) in [6, 6.07) is 1.20. The zero-order valence-corrected chi connectivity index (χ0v) is 8.26. The van der Waals surface area contributed by atoms with E-state index in [2.05, 4.69) is 4.98 Å². The van der Waals surface area contributed by atoms with Crippen molar-refractivity contribution in [3.8, 4) is 0 Å². The highest BCUT2D eigenvalue weighted by molar-refractivity contribution is 14.1. The molecule has 6 heteroatoms. The highest BCUT2D eigenvalue weighted by Crippen LogP contribution is 2.33. The summed E-state index contributed by atoms with van der Waals surface area (Å²) < 4.78 is 36.9. The average molecular weight is 301 g/mol. The van der Waals surface area contributed by atoms with Crippen LogP contribution in [0, 0.1) is 3.57 Å². The molecule has 2 nitrogen and oxygen atoms in total. The number of aromatic nitrogens is 1. The van der Waals surface area contributed by atoms with Crippen molar-refractivity contribution in [2.75, 3.05) is 0 Å². The Labute approximate surface area is 85.3 Å². The molecule has 0 aliphatic rings. The van der Waals surface area contributed by atoms with Crippen molar-refractivity contribution in [2.24, 2.45) is 0 Å². The van der Waals surface area contributed by atoms with Gasteiger partial charge < -0.3 is 0 Å². The van der Waals surface area contributed by atoms with Gasteiger partial charge in [0.15, 0.2) is 6.29 Å². The number of hydrogen-bond donors (Lipinski definition) is 0. The Balaban J connectivity index is 3.40. The second-order valence-corrected chi connectivity index (χ2v) is 3.33. The van der Waals surface area contributed by atoms with Gasteiger partial charge in [-0.2, -0.15) is 13.2 Å². The van der Waals surface area contributed by atoms with Crippen molar-refractivity contribution < 1.29 is 18.0 Å². The minimum Gasteiger partial charge on any atom is -0.296 e. The van der Waals surface area contributed by atoms with Crippen molar-refractivity contribution in [2.45, 2.75) is 6.18 Å². The van der Waals surface area contributed by atoms with Gasteiger partial charge in [0.1, 0.15) is 5.69 Å². The fraction of sp³-hybridized carbons (Fsp3) is 0.143. The lowest BCUT2D eigenvalue weighted by molar-refractivity contribution is -0.138. The molecule has 0 atom stereocenters. The third-order valence-corrected chi connectivity index (χ3v) is 2.22. The van der Waals surface area contributed by atoms with Crippen LogP contribution in [0.3, 0.4) is 0 Å². The smallest absolute Gasteiger partial charge is 0.296 e. The summed E-state index contributed by atoms with van der Waals surface area (Å²) in [6.07, 6.45) is -3.26. The quantitative estimate of drug-likeness (QED) is 0.589. The van der Waals surface area contributed by atoms with Crippen LogP contribution >= 0.6 is 22.6 Å². The van der Waals surface area contributed by atoms with E-state index in [0.717, 1.165) is 0 Å². The minimum atomic E-state index is -4.53. The zero-order chi connectivity index (χ0) is 10.1. The fourth-order valence-electron chi connectivity index (χ4n) is 0.823. The molecule has 1 aromatic rings. The highest BCUT2D eigenvalue weighted by Gasteiger charge is 2.36. The molecule has 0 aromatic carbocycles. The minimum absolute atomic E-state index is 0.0257. The SMILES string of the molecule is O=Cc1nccc(I)c1C(F)(F)F. The van der Waals surface area contributed by atoms with Crippen LogP contribution in [-0.2, 0) is 6.18 Å². The number of carbonyl (C=O) groups excluding carboxylic acids is 1. The van der Waals surface area contributed by atoms with E-state index in [1.165, 1.54) is 34.9 Å². The first-order valence-electron chi connectivity index (χ1n) is 3.13. The van der Waals surface area contributed by atoms with E-state index in [0.29, 0.717) is 0 Å². The number of carbonyl (C=O) groups is 1. The number of hydrogen-bond acceptors (Lipinski definition) is 2. The molecular formula is C7H3F3INO. The predicted molar refractivity (Wildman–Crippen MR) is 47.3 cm³/mol. The maximum Gasteiger partial charge on any atom is 0.419 e. The first-order chi connectivity index (χ1) is 5.96. The standard InChI is InChI=1S/C7H3F3INO/c8-7(9,10)6-4(11)1-2-12-5(6)3-13/h1-3H. The Morgan fingerprint density at radius 1 is 1.46 bits per heavy atom. The summed E-state index contributed by atoms with van der Waals surface area (Å²) in [6.45, 7) is 0. The van der Waals surface area contributed by atoms with E-state index in [9.17, 15) is 18.0 Å². The lowest BCUT2D eigenvalue weighted by Gasteiger charge is -2.09. The zero-order valence-electron chi connectivity index (χ0n) is 6.10. The van der Waals surface area contributed by atoms with Crippen LogP contribution in [0.1, 0.15) is 16.1 Å². The van der Waals surface area contributed by atoms with Gasteiger partial charge in [-0.15, -0.1) is 0 Å². The molecule has 0 radical (unpaired) electrons. The van der Waals surface area contributed by atoms with Crippen LogP contribution in [0.2, 0.25) is 0 Å². The van der Waals surface area contributed by atoms with Crippen LogP contribution < -0.4 is 0 Å². The number of alkyl halides is 3. The molecule has 0 amide bonds. The van der Waals surface area contributed by atoms with E-state index in [1.54, 1.807) is 0 Å². The summed E-state index contributed by atoms with van der Waals surface area (Å²) in [5.41, 5.74) is -1.54. The first-order valence-corrected chi connectivity index (χ1v) is 4.21. The molecule has 0 aliphatic heterocycles. The van der Waals surface area contributed by atoms with Gasteiger partial charge in [0.25, 0.3) is 0 Å². The normalized spacial score (nSPS) is 11.4. The number of pyridine rings is 1. The van der Waals surface area contributed by atoms with Crippen molar-refractivity contribution in [1.82, 2.24) is 4.98 Å². The van der Waals surface area contributed by atoms with Gasteiger partial charge in [-0.05, 0) is 28.7 Å². The van der Waals surface area contributed by atoms with E-state index in [-0.39, 0.29) is 9.86 Å². The number of nitrogens with zero attached hydrogens (tertiary/aromatic N) is 1. The summed E-state index contributed by atoms with van der Waals surface area (Å²) in [5.74, 6) is 0. The summed E-state index contributed by atoms with van der Waals surface area (Å²) in [4.78, 5) is 13.6. The lowest BCUT2D eigenvalue weighted by atomic mass is 10.2. The molecule has 1 rings (SSSR count). The number of aldehydes is 1. The molecular weight excluding hydrogens is 298 g/mol. The van der Waals surface area contributed by atoms with Crippen molar-refractivity contribution in [1.29, 1.82) is 0 Å². The van der Waals surface area contributed by atoms with Crippen LogP contribution in [0.5, 0.6) is 0 Å². The highest BCUT2D eigenvalue weighted by atomic mass is 127. The van der Waals surface area contributed by atoms with Gasteiger partial charge in [-0.1, -0.05) is 0 Å².